The molecule has 0 aromatic heterocycles. The van der Waals surface area contributed by atoms with Crippen LogP contribution in [0.2, 0.25) is 0 Å². The Morgan fingerprint density at radius 1 is 1.33 bits per heavy atom. The van der Waals surface area contributed by atoms with Crippen molar-refractivity contribution in [3.05, 3.63) is 29.3 Å². The van der Waals surface area contributed by atoms with Crippen LogP contribution in [0.1, 0.15) is 29.8 Å². The van der Waals surface area contributed by atoms with E-state index in [4.69, 9.17) is 0 Å². The highest BCUT2D eigenvalue weighted by Gasteiger charge is 2.25. The maximum Gasteiger partial charge on any atom is 0.251 e. The summed E-state index contributed by atoms with van der Waals surface area (Å²) in [4.78, 5) is 25.6. The zero-order valence-electron chi connectivity index (χ0n) is 12.9. The molecule has 0 radical (unpaired) electrons. The van der Waals surface area contributed by atoms with Crippen LogP contribution in [0, 0.1) is 5.92 Å². The van der Waals surface area contributed by atoms with Crippen LogP contribution in [-0.2, 0) is 11.2 Å². The number of fused-ring (bicyclic) bond motifs is 1. The minimum absolute atomic E-state index is 0.0500. The van der Waals surface area contributed by atoms with E-state index in [1.807, 2.05) is 19.2 Å². The third-order valence-electron chi connectivity index (χ3n) is 3.74. The molecule has 5 nitrogen and oxygen atoms in total. The number of nitrogens with zero attached hydrogens (tertiary/aromatic N) is 1. The van der Waals surface area contributed by atoms with Gasteiger partial charge in [-0.2, -0.15) is 0 Å². The van der Waals surface area contributed by atoms with Crippen LogP contribution in [0.25, 0.3) is 0 Å². The van der Waals surface area contributed by atoms with Gasteiger partial charge in [0.2, 0.25) is 5.91 Å². The molecule has 1 aromatic carbocycles. The Balaban J connectivity index is 2.20. The molecular formula is C16H23N3O2. The molecule has 0 spiro atoms. The highest BCUT2D eigenvalue weighted by Crippen LogP contribution is 2.30. The fraction of sp³-hybridized carbons (Fsp3) is 0.500. The van der Waals surface area contributed by atoms with E-state index >= 15 is 0 Å². The van der Waals surface area contributed by atoms with E-state index in [0.717, 1.165) is 30.8 Å². The summed E-state index contributed by atoms with van der Waals surface area (Å²) in [5, 5.41) is 5.86. The average molecular weight is 289 g/mol. The van der Waals surface area contributed by atoms with Crippen molar-refractivity contribution in [2.45, 2.75) is 20.3 Å². The Hall–Kier alpha value is -1.88. The summed E-state index contributed by atoms with van der Waals surface area (Å²) in [5.41, 5.74) is 2.67. The molecule has 5 heteroatoms. The van der Waals surface area contributed by atoms with E-state index in [-0.39, 0.29) is 11.8 Å². The number of likely N-dealkylation sites (N-methyl/N-ethyl adjacent to an activating group) is 1. The van der Waals surface area contributed by atoms with E-state index in [2.05, 4.69) is 17.6 Å². The number of rotatable bonds is 4. The monoisotopic (exact) mass is 289 g/mol. The normalized spacial score (nSPS) is 17.3. The van der Waals surface area contributed by atoms with Gasteiger partial charge < -0.3 is 15.5 Å². The van der Waals surface area contributed by atoms with Gasteiger partial charge in [0.25, 0.3) is 5.91 Å². The Bertz CT molecular complexity index is 542. The van der Waals surface area contributed by atoms with Gasteiger partial charge in [-0.25, -0.2) is 0 Å². The molecule has 0 fully saturated rings. The zero-order valence-corrected chi connectivity index (χ0v) is 12.9. The van der Waals surface area contributed by atoms with E-state index in [1.165, 1.54) is 0 Å². The number of amides is 2. The third kappa shape index (κ3) is 3.61. The van der Waals surface area contributed by atoms with Gasteiger partial charge in [0.1, 0.15) is 0 Å². The average Bonchev–Trinajstić information content (AvgIpc) is 2.45. The Morgan fingerprint density at radius 3 is 2.76 bits per heavy atom. The summed E-state index contributed by atoms with van der Waals surface area (Å²) in [6, 6.07) is 5.59. The van der Waals surface area contributed by atoms with Crippen molar-refractivity contribution in [1.29, 1.82) is 0 Å². The topological polar surface area (TPSA) is 61.4 Å². The van der Waals surface area contributed by atoms with Crippen molar-refractivity contribution < 1.29 is 9.59 Å². The largest absolute Gasteiger partial charge is 0.351 e. The van der Waals surface area contributed by atoms with Gasteiger partial charge in [-0.3, -0.25) is 9.59 Å². The fourth-order valence-electron chi connectivity index (χ4n) is 2.70. The third-order valence-corrected chi connectivity index (χ3v) is 3.74. The summed E-state index contributed by atoms with van der Waals surface area (Å²) in [6.45, 7) is 5.79. The molecule has 21 heavy (non-hydrogen) atoms. The summed E-state index contributed by atoms with van der Waals surface area (Å²) in [5.74, 6) is 0.388. The molecule has 2 rings (SSSR count). The lowest BCUT2D eigenvalue weighted by atomic mass is 9.92. The van der Waals surface area contributed by atoms with Crippen LogP contribution in [-0.4, -0.2) is 38.5 Å². The maximum absolute atomic E-state index is 12.1. The van der Waals surface area contributed by atoms with Gasteiger partial charge in [0.15, 0.2) is 0 Å². The molecule has 0 saturated heterocycles. The first kappa shape index (κ1) is 15.5. The van der Waals surface area contributed by atoms with E-state index in [9.17, 15) is 9.59 Å². The molecule has 1 heterocycles. The molecule has 0 saturated carbocycles. The predicted octanol–water partition coefficient (Wildman–Crippen LogP) is 1.18. The number of benzene rings is 1. The first-order valence-electron chi connectivity index (χ1n) is 7.36. The maximum atomic E-state index is 12.1. The Labute approximate surface area is 125 Å². The number of carbonyl (C=O) groups is 2. The van der Waals surface area contributed by atoms with Gasteiger partial charge in [-0.1, -0.05) is 6.92 Å². The van der Waals surface area contributed by atoms with Gasteiger partial charge in [-0.05, 0) is 43.1 Å². The molecule has 0 aliphatic carbocycles. The van der Waals surface area contributed by atoms with Gasteiger partial charge in [0, 0.05) is 37.8 Å². The van der Waals surface area contributed by atoms with Crippen molar-refractivity contribution in [2.24, 2.45) is 5.92 Å². The molecule has 2 amide bonds. The molecule has 1 atom stereocenters. The number of nitrogens with one attached hydrogen (secondary N) is 2. The number of carbonyl (C=O) groups excluding carboxylic acids is 2. The minimum atomic E-state index is -0.0688. The number of hydrogen-bond acceptors (Lipinski definition) is 3. The molecular weight excluding hydrogens is 266 g/mol. The molecule has 2 N–H and O–H groups in total. The lowest BCUT2D eigenvalue weighted by Gasteiger charge is -2.32. The smallest absolute Gasteiger partial charge is 0.251 e. The van der Waals surface area contributed by atoms with Crippen LogP contribution in [0.3, 0.4) is 0 Å². The SMILES string of the molecule is CNCCNC(=O)c1ccc2c(c1)CC(C)CN2C(C)=O. The van der Waals surface area contributed by atoms with Crippen LogP contribution in [0.15, 0.2) is 18.2 Å². The van der Waals surface area contributed by atoms with Gasteiger partial charge in [-0.15, -0.1) is 0 Å². The summed E-state index contributed by atoms with van der Waals surface area (Å²) in [6.07, 6.45) is 0.900. The van der Waals surface area contributed by atoms with Crippen LogP contribution >= 0.6 is 0 Å². The highest BCUT2D eigenvalue weighted by atomic mass is 16.2. The lowest BCUT2D eigenvalue weighted by molar-refractivity contribution is -0.116. The first-order chi connectivity index (χ1) is 10.0. The number of anilines is 1. The van der Waals surface area contributed by atoms with Crippen molar-refractivity contribution in [1.82, 2.24) is 10.6 Å². The molecule has 1 aliphatic rings. The van der Waals surface area contributed by atoms with Crippen molar-refractivity contribution in [3.8, 4) is 0 Å². The van der Waals surface area contributed by atoms with Gasteiger partial charge >= 0.3 is 0 Å². The molecule has 1 unspecified atom stereocenters. The van der Waals surface area contributed by atoms with Crippen molar-refractivity contribution >= 4 is 17.5 Å². The fourth-order valence-corrected chi connectivity index (χ4v) is 2.70. The van der Waals surface area contributed by atoms with Crippen molar-refractivity contribution in [2.75, 3.05) is 31.6 Å². The van der Waals surface area contributed by atoms with Crippen LogP contribution in [0.4, 0.5) is 5.69 Å². The number of hydrogen-bond donors (Lipinski definition) is 2. The summed E-state index contributed by atoms with van der Waals surface area (Å²) >= 11 is 0. The molecule has 0 bridgehead atoms. The highest BCUT2D eigenvalue weighted by molar-refractivity contribution is 5.97. The van der Waals surface area contributed by atoms with E-state index < -0.39 is 0 Å². The summed E-state index contributed by atoms with van der Waals surface area (Å²) in [7, 11) is 1.85. The van der Waals surface area contributed by atoms with Gasteiger partial charge in [0.05, 0.1) is 0 Å². The second-order valence-electron chi connectivity index (χ2n) is 5.64. The predicted molar refractivity (Wildman–Crippen MR) is 83.6 cm³/mol. The van der Waals surface area contributed by atoms with Crippen LogP contribution < -0.4 is 15.5 Å². The standard InChI is InChI=1S/C16H23N3O2/c1-11-8-14-9-13(16(21)18-7-6-17-3)4-5-15(14)19(10-11)12(2)20/h4-5,9,11,17H,6-8,10H2,1-3H3,(H,18,21). The summed E-state index contributed by atoms with van der Waals surface area (Å²) < 4.78 is 0. The first-order valence-corrected chi connectivity index (χ1v) is 7.36. The van der Waals surface area contributed by atoms with E-state index in [1.54, 1.807) is 17.9 Å². The second-order valence-corrected chi connectivity index (χ2v) is 5.64. The lowest BCUT2D eigenvalue weighted by Crippen LogP contribution is -2.38. The van der Waals surface area contributed by atoms with E-state index in [0.29, 0.717) is 18.0 Å². The quantitative estimate of drug-likeness (QED) is 0.818. The molecule has 1 aliphatic heterocycles. The Kier molecular flexibility index (Phi) is 4.96. The Morgan fingerprint density at radius 2 is 2.10 bits per heavy atom. The van der Waals surface area contributed by atoms with Crippen LogP contribution in [0.5, 0.6) is 0 Å². The second kappa shape index (κ2) is 6.72. The molecule has 1 aromatic rings. The minimum Gasteiger partial charge on any atom is -0.351 e. The zero-order chi connectivity index (χ0) is 15.4. The van der Waals surface area contributed by atoms with Crippen molar-refractivity contribution in [3.63, 3.8) is 0 Å². The molecule has 114 valence electrons.